The molecular formula is C6H5Cl2NO5S2. The molecule has 0 aromatic heterocycles. The van der Waals surface area contributed by atoms with Crippen LogP contribution in [0.3, 0.4) is 0 Å². The van der Waals surface area contributed by atoms with E-state index in [1.54, 1.807) is 0 Å². The van der Waals surface area contributed by atoms with Gasteiger partial charge in [0, 0.05) is 0 Å². The highest BCUT2D eigenvalue weighted by Crippen LogP contribution is 2.33. The molecule has 0 heterocycles. The van der Waals surface area contributed by atoms with E-state index in [0.717, 1.165) is 12.1 Å². The van der Waals surface area contributed by atoms with Gasteiger partial charge in [0.2, 0.25) is 10.0 Å². The number of hydrogen-bond donors (Lipinski definition) is 2. The van der Waals surface area contributed by atoms with E-state index in [1.807, 2.05) is 0 Å². The molecule has 0 amide bonds. The number of rotatable bonds is 2. The second-order valence-corrected chi connectivity index (χ2v) is 6.38. The Bertz CT molecular complexity index is 637. The third-order valence-corrected chi connectivity index (χ3v) is 4.51. The van der Waals surface area contributed by atoms with Crippen molar-refractivity contribution in [2.45, 2.75) is 9.79 Å². The van der Waals surface area contributed by atoms with Crippen LogP contribution in [0.25, 0.3) is 0 Å². The molecule has 0 bridgehead atoms. The van der Waals surface area contributed by atoms with Gasteiger partial charge in [0.05, 0.1) is 10.0 Å². The van der Waals surface area contributed by atoms with E-state index < -0.39 is 35.0 Å². The van der Waals surface area contributed by atoms with Gasteiger partial charge in [-0.05, 0) is 12.1 Å². The molecule has 0 aliphatic heterocycles. The Morgan fingerprint density at radius 1 is 1.12 bits per heavy atom. The van der Waals surface area contributed by atoms with Gasteiger partial charge in [0.25, 0.3) is 10.1 Å². The first kappa shape index (κ1) is 13.7. The lowest BCUT2D eigenvalue weighted by Crippen LogP contribution is -2.15. The van der Waals surface area contributed by atoms with Gasteiger partial charge in [-0.25, -0.2) is 13.6 Å². The lowest BCUT2D eigenvalue weighted by molar-refractivity contribution is 0.483. The minimum atomic E-state index is -4.64. The van der Waals surface area contributed by atoms with Crippen molar-refractivity contribution in [3.63, 3.8) is 0 Å². The lowest BCUT2D eigenvalue weighted by atomic mass is 10.3. The summed E-state index contributed by atoms with van der Waals surface area (Å²) in [6.07, 6.45) is 0. The minimum absolute atomic E-state index is 0.333. The van der Waals surface area contributed by atoms with Crippen LogP contribution < -0.4 is 5.14 Å². The molecule has 0 fully saturated rings. The van der Waals surface area contributed by atoms with Gasteiger partial charge in [-0.1, -0.05) is 23.2 Å². The van der Waals surface area contributed by atoms with Gasteiger partial charge in [-0.15, -0.1) is 0 Å². The number of nitrogens with two attached hydrogens (primary N) is 1. The van der Waals surface area contributed by atoms with Crippen LogP contribution >= 0.6 is 23.2 Å². The van der Waals surface area contributed by atoms with E-state index in [9.17, 15) is 16.8 Å². The predicted octanol–water partition coefficient (Wildman–Crippen LogP) is 0.888. The van der Waals surface area contributed by atoms with Crippen LogP contribution in [0.2, 0.25) is 10.0 Å². The van der Waals surface area contributed by atoms with Gasteiger partial charge in [-0.2, -0.15) is 8.42 Å². The first-order valence-corrected chi connectivity index (χ1v) is 7.27. The molecule has 0 spiro atoms. The quantitative estimate of drug-likeness (QED) is 0.787. The summed E-state index contributed by atoms with van der Waals surface area (Å²) in [5, 5.41) is 3.73. The molecule has 3 N–H and O–H groups in total. The molecule has 10 heteroatoms. The predicted molar refractivity (Wildman–Crippen MR) is 57.6 cm³/mol. The third-order valence-electron chi connectivity index (χ3n) is 1.58. The van der Waals surface area contributed by atoms with Crippen molar-refractivity contribution in [3.05, 3.63) is 22.2 Å². The van der Waals surface area contributed by atoms with Crippen LogP contribution in [0.4, 0.5) is 0 Å². The zero-order valence-electron chi connectivity index (χ0n) is 7.38. The second kappa shape index (κ2) is 4.13. The van der Waals surface area contributed by atoms with Gasteiger partial charge < -0.3 is 0 Å². The van der Waals surface area contributed by atoms with Crippen LogP contribution in [0.5, 0.6) is 0 Å². The zero-order chi connectivity index (χ0) is 12.7. The van der Waals surface area contributed by atoms with Crippen LogP contribution in [0.15, 0.2) is 21.9 Å². The highest BCUT2D eigenvalue weighted by atomic mass is 35.5. The highest BCUT2D eigenvalue weighted by molar-refractivity contribution is 7.89. The fourth-order valence-corrected chi connectivity index (χ4v) is 3.62. The Morgan fingerprint density at radius 3 is 2.00 bits per heavy atom. The molecule has 16 heavy (non-hydrogen) atoms. The molecule has 0 aliphatic carbocycles. The number of halogens is 2. The number of sulfonamides is 1. The summed E-state index contributed by atoms with van der Waals surface area (Å²) in [5.74, 6) is 0. The van der Waals surface area contributed by atoms with E-state index in [4.69, 9.17) is 32.9 Å². The molecule has 0 saturated carbocycles. The van der Waals surface area contributed by atoms with Crippen molar-refractivity contribution in [2.24, 2.45) is 5.14 Å². The fraction of sp³-hybridized carbons (Fsp3) is 0. The van der Waals surface area contributed by atoms with E-state index in [-0.39, 0.29) is 5.02 Å². The maximum atomic E-state index is 11.1. The standard InChI is InChI=1S/C6H5Cl2NO5S2/c7-3-1-2-4(16(12,13)14)5(8)6(3)15(9,10)11/h1-2H,(H2,9,10,11)(H,12,13,14). The number of hydrogen-bond acceptors (Lipinski definition) is 4. The maximum Gasteiger partial charge on any atom is 0.296 e. The van der Waals surface area contributed by atoms with Gasteiger partial charge in [0.1, 0.15) is 9.79 Å². The van der Waals surface area contributed by atoms with Gasteiger partial charge >= 0.3 is 0 Å². The molecule has 1 rings (SSSR count). The maximum absolute atomic E-state index is 11.1. The van der Waals surface area contributed by atoms with Crippen molar-refractivity contribution in [2.75, 3.05) is 0 Å². The first-order valence-electron chi connectivity index (χ1n) is 3.53. The summed E-state index contributed by atoms with van der Waals surface area (Å²) in [5.41, 5.74) is 0. The molecular weight excluding hydrogens is 301 g/mol. The molecule has 0 atom stereocenters. The van der Waals surface area contributed by atoms with Crippen LogP contribution in [-0.4, -0.2) is 21.4 Å². The average Bonchev–Trinajstić information content (AvgIpc) is 1.97. The molecule has 1 aromatic carbocycles. The molecule has 90 valence electrons. The summed E-state index contributed by atoms with van der Waals surface area (Å²) >= 11 is 11.0. The Morgan fingerprint density at radius 2 is 1.62 bits per heavy atom. The van der Waals surface area contributed by atoms with Crippen LogP contribution in [0, 0.1) is 0 Å². The van der Waals surface area contributed by atoms with Gasteiger partial charge in [-0.3, -0.25) is 4.55 Å². The monoisotopic (exact) mass is 305 g/mol. The SMILES string of the molecule is NS(=O)(=O)c1c(Cl)ccc(S(=O)(=O)O)c1Cl. The van der Waals surface area contributed by atoms with Crippen LogP contribution in [-0.2, 0) is 20.1 Å². The van der Waals surface area contributed by atoms with E-state index in [0.29, 0.717) is 0 Å². The molecule has 0 unspecified atom stereocenters. The zero-order valence-corrected chi connectivity index (χ0v) is 10.5. The topological polar surface area (TPSA) is 115 Å². The van der Waals surface area contributed by atoms with Crippen molar-refractivity contribution >= 4 is 43.3 Å². The fourth-order valence-electron chi connectivity index (χ4n) is 0.974. The molecule has 0 aliphatic rings. The average molecular weight is 306 g/mol. The van der Waals surface area contributed by atoms with E-state index in [2.05, 4.69) is 0 Å². The summed E-state index contributed by atoms with van der Waals surface area (Å²) in [4.78, 5) is -1.52. The smallest absolute Gasteiger partial charge is 0.282 e. The largest absolute Gasteiger partial charge is 0.296 e. The third kappa shape index (κ3) is 2.65. The van der Waals surface area contributed by atoms with E-state index in [1.165, 1.54) is 0 Å². The summed E-state index contributed by atoms with van der Waals surface area (Å²) in [7, 11) is -8.93. The van der Waals surface area contributed by atoms with E-state index >= 15 is 0 Å². The highest BCUT2D eigenvalue weighted by Gasteiger charge is 2.25. The minimum Gasteiger partial charge on any atom is -0.282 e. The summed E-state index contributed by atoms with van der Waals surface area (Å²) < 4.78 is 52.6. The van der Waals surface area contributed by atoms with Crippen molar-refractivity contribution in [3.8, 4) is 0 Å². The Labute approximate surface area is 102 Å². The first-order chi connectivity index (χ1) is 7.05. The molecule has 1 aromatic rings. The molecule has 0 saturated heterocycles. The van der Waals surface area contributed by atoms with Crippen molar-refractivity contribution in [1.29, 1.82) is 0 Å². The Hall–Kier alpha value is -0.380. The lowest BCUT2D eigenvalue weighted by Gasteiger charge is -2.07. The summed E-state index contributed by atoms with van der Waals surface area (Å²) in [6.45, 7) is 0. The van der Waals surface area contributed by atoms with Gasteiger partial charge in [0.15, 0.2) is 0 Å². The Balaban J connectivity index is 3.79. The van der Waals surface area contributed by atoms with Crippen LogP contribution in [0.1, 0.15) is 0 Å². The van der Waals surface area contributed by atoms with Crippen molar-refractivity contribution < 1.29 is 21.4 Å². The normalized spacial score (nSPS) is 12.8. The number of primary sulfonamides is 1. The summed E-state index contributed by atoms with van der Waals surface area (Å²) in [6, 6.07) is 1.82. The second-order valence-electron chi connectivity index (χ2n) is 2.71. The molecule has 0 radical (unpaired) electrons. The number of benzene rings is 1. The van der Waals surface area contributed by atoms with Crippen molar-refractivity contribution in [1.82, 2.24) is 0 Å². The molecule has 6 nitrogen and oxygen atoms in total. The Kier molecular flexibility index (Phi) is 3.53.